The van der Waals surface area contributed by atoms with Crippen LogP contribution in [0.3, 0.4) is 0 Å². The molecular formula is C13H19N3O2. The van der Waals surface area contributed by atoms with Gasteiger partial charge in [-0.1, -0.05) is 6.92 Å². The lowest BCUT2D eigenvalue weighted by Crippen LogP contribution is -2.29. The zero-order valence-corrected chi connectivity index (χ0v) is 11.0. The average Bonchev–Trinajstić information content (AvgIpc) is 2.68. The molecule has 0 radical (unpaired) electrons. The predicted molar refractivity (Wildman–Crippen MR) is 70.6 cm³/mol. The van der Waals surface area contributed by atoms with Crippen LogP contribution in [0.1, 0.15) is 30.8 Å². The van der Waals surface area contributed by atoms with Gasteiger partial charge in [0.05, 0.1) is 12.8 Å². The molecule has 2 heterocycles. The summed E-state index contributed by atoms with van der Waals surface area (Å²) >= 11 is 0. The maximum absolute atomic E-state index is 11.5. The van der Waals surface area contributed by atoms with E-state index in [1.165, 1.54) is 7.11 Å². The molecule has 2 unspecified atom stereocenters. The average molecular weight is 249 g/mol. The Balaban J connectivity index is 2.35. The van der Waals surface area contributed by atoms with Crippen LogP contribution < -0.4 is 10.6 Å². The van der Waals surface area contributed by atoms with E-state index in [9.17, 15) is 4.79 Å². The highest BCUT2D eigenvalue weighted by Gasteiger charge is 2.28. The van der Waals surface area contributed by atoms with Crippen molar-refractivity contribution in [3.05, 3.63) is 17.8 Å². The molecule has 98 valence electrons. The van der Waals surface area contributed by atoms with Crippen molar-refractivity contribution in [1.29, 1.82) is 0 Å². The number of hydrogen-bond acceptors (Lipinski definition) is 5. The van der Waals surface area contributed by atoms with Gasteiger partial charge in [-0.25, -0.2) is 9.78 Å². The number of methoxy groups -OCH3 is 1. The van der Waals surface area contributed by atoms with Gasteiger partial charge >= 0.3 is 5.97 Å². The van der Waals surface area contributed by atoms with Gasteiger partial charge in [-0.05, 0) is 31.4 Å². The monoisotopic (exact) mass is 249 g/mol. The molecule has 18 heavy (non-hydrogen) atoms. The summed E-state index contributed by atoms with van der Waals surface area (Å²) in [5.74, 6) is 0.869. The summed E-state index contributed by atoms with van der Waals surface area (Å²) in [4.78, 5) is 18.0. The number of nitrogens with zero attached hydrogens (tertiary/aromatic N) is 2. The molecule has 0 bridgehead atoms. The topological polar surface area (TPSA) is 68.5 Å². The zero-order valence-electron chi connectivity index (χ0n) is 11.0. The SMILES string of the molecule is COC(=O)c1ccc(N)c(N2CC(C)CC2C)n1. The first-order chi connectivity index (χ1) is 8.52. The van der Waals surface area contributed by atoms with Gasteiger partial charge in [-0.3, -0.25) is 0 Å². The highest BCUT2D eigenvalue weighted by Crippen LogP contribution is 2.31. The van der Waals surface area contributed by atoms with E-state index in [2.05, 4.69) is 28.5 Å². The Kier molecular flexibility index (Phi) is 3.41. The number of nitrogen functional groups attached to an aromatic ring is 1. The van der Waals surface area contributed by atoms with Gasteiger partial charge < -0.3 is 15.4 Å². The van der Waals surface area contributed by atoms with Crippen molar-refractivity contribution in [1.82, 2.24) is 4.98 Å². The molecule has 0 spiro atoms. The number of anilines is 2. The summed E-state index contributed by atoms with van der Waals surface area (Å²) < 4.78 is 4.68. The molecule has 1 aromatic heterocycles. The third-order valence-electron chi connectivity index (χ3n) is 3.36. The molecule has 5 nitrogen and oxygen atoms in total. The second-order valence-electron chi connectivity index (χ2n) is 4.94. The van der Waals surface area contributed by atoms with Gasteiger partial charge in [0, 0.05) is 12.6 Å². The summed E-state index contributed by atoms with van der Waals surface area (Å²) in [6.45, 7) is 5.27. The third-order valence-corrected chi connectivity index (χ3v) is 3.36. The van der Waals surface area contributed by atoms with Crippen LogP contribution in [-0.2, 0) is 4.74 Å². The maximum atomic E-state index is 11.5. The summed E-state index contributed by atoms with van der Waals surface area (Å²) in [6, 6.07) is 3.70. The van der Waals surface area contributed by atoms with Crippen molar-refractivity contribution >= 4 is 17.5 Å². The molecule has 0 aliphatic carbocycles. The van der Waals surface area contributed by atoms with Crippen molar-refractivity contribution in [3.63, 3.8) is 0 Å². The van der Waals surface area contributed by atoms with Crippen LogP contribution in [0.5, 0.6) is 0 Å². The summed E-state index contributed by atoms with van der Waals surface area (Å²) in [7, 11) is 1.35. The second kappa shape index (κ2) is 4.84. The summed E-state index contributed by atoms with van der Waals surface area (Å²) in [5.41, 5.74) is 6.86. The van der Waals surface area contributed by atoms with E-state index in [4.69, 9.17) is 5.73 Å². The van der Waals surface area contributed by atoms with Gasteiger partial charge in [-0.15, -0.1) is 0 Å². The van der Waals surface area contributed by atoms with Crippen LogP contribution in [0.25, 0.3) is 0 Å². The Morgan fingerprint density at radius 2 is 2.22 bits per heavy atom. The Hall–Kier alpha value is -1.78. The van der Waals surface area contributed by atoms with Crippen LogP contribution in [-0.4, -0.2) is 30.6 Å². The van der Waals surface area contributed by atoms with Crippen molar-refractivity contribution in [2.75, 3.05) is 24.3 Å². The lowest BCUT2D eigenvalue weighted by molar-refractivity contribution is 0.0594. The number of esters is 1. The molecule has 0 aromatic carbocycles. The van der Waals surface area contributed by atoms with E-state index in [-0.39, 0.29) is 0 Å². The molecule has 2 atom stereocenters. The number of nitrogens with two attached hydrogens (primary N) is 1. The van der Waals surface area contributed by atoms with Crippen molar-refractivity contribution in [2.45, 2.75) is 26.3 Å². The molecular weight excluding hydrogens is 230 g/mol. The van der Waals surface area contributed by atoms with Crippen LogP contribution >= 0.6 is 0 Å². The standard InChI is InChI=1S/C13H19N3O2/c1-8-6-9(2)16(7-8)12-10(14)4-5-11(15-12)13(17)18-3/h4-5,8-9H,6-7,14H2,1-3H3. The molecule has 1 aliphatic heterocycles. The Morgan fingerprint density at radius 1 is 1.50 bits per heavy atom. The fourth-order valence-corrected chi connectivity index (χ4v) is 2.50. The third kappa shape index (κ3) is 2.25. The first kappa shape index (κ1) is 12.7. The first-order valence-electron chi connectivity index (χ1n) is 6.14. The lowest BCUT2D eigenvalue weighted by atomic mass is 10.1. The van der Waals surface area contributed by atoms with E-state index in [0.29, 0.717) is 29.2 Å². The van der Waals surface area contributed by atoms with Crippen molar-refractivity contribution in [2.24, 2.45) is 5.92 Å². The van der Waals surface area contributed by atoms with Crippen molar-refractivity contribution in [3.8, 4) is 0 Å². The number of rotatable bonds is 2. The van der Waals surface area contributed by atoms with E-state index in [1.54, 1.807) is 12.1 Å². The predicted octanol–water partition coefficient (Wildman–Crippen LogP) is 1.69. The number of aromatic nitrogens is 1. The van der Waals surface area contributed by atoms with E-state index in [0.717, 1.165) is 13.0 Å². The number of carbonyl (C=O) groups is 1. The fourth-order valence-electron chi connectivity index (χ4n) is 2.50. The van der Waals surface area contributed by atoms with E-state index < -0.39 is 5.97 Å². The molecule has 0 saturated carbocycles. The summed E-state index contributed by atoms with van der Waals surface area (Å²) in [5, 5.41) is 0. The molecule has 0 amide bonds. The van der Waals surface area contributed by atoms with Crippen LogP contribution in [0, 0.1) is 5.92 Å². The van der Waals surface area contributed by atoms with Crippen LogP contribution in [0.15, 0.2) is 12.1 Å². The van der Waals surface area contributed by atoms with Gasteiger partial charge in [0.25, 0.3) is 0 Å². The minimum atomic E-state index is -0.434. The molecule has 1 aliphatic rings. The van der Waals surface area contributed by atoms with E-state index in [1.807, 2.05) is 0 Å². The molecule has 5 heteroatoms. The molecule has 2 rings (SSSR count). The van der Waals surface area contributed by atoms with Gasteiger partial charge in [0.2, 0.25) is 0 Å². The molecule has 1 aromatic rings. The number of pyridine rings is 1. The zero-order chi connectivity index (χ0) is 13.3. The Bertz CT molecular complexity index is 462. The minimum absolute atomic E-state index is 0.299. The molecule has 1 saturated heterocycles. The summed E-state index contributed by atoms with van der Waals surface area (Å²) in [6.07, 6.45) is 1.11. The number of hydrogen-bond donors (Lipinski definition) is 1. The lowest BCUT2D eigenvalue weighted by Gasteiger charge is -2.24. The largest absolute Gasteiger partial charge is 0.464 e. The fraction of sp³-hybridized carbons (Fsp3) is 0.538. The Labute approximate surface area is 107 Å². The van der Waals surface area contributed by atoms with Gasteiger partial charge in [-0.2, -0.15) is 0 Å². The minimum Gasteiger partial charge on any atom is -0.464 e. The molecule has 2 N–H and O–H groups in total. The quantitative estimate of drug-likeness (QED) is 0.808. The normalized spacial score (nSPS) is 23.2. The number of ether oxygens (including phenoxy) is 1. The van der Waals surface area contributed by atoms with Crippen molar-refractivity contribution < 1.29 is 9.53 Å². The second-order valence-corrected chi connectivity index (χ2v) is 4.94. The van der Waals surface area contributed by atoms with Gasteiger partial charge in [0.1, 0.15) is 0 Å². The number of carbonyl (C=O) groups excluding carboxylic acids is 1. The molecule has 1 fully saturated rings. The highest BCUT2D eigenvalue weighted by atomic mass is 16.5. The van der Waals surface area contributed by atoms with Crippen LogP contribution in [0.2, 0.25) is 0 Å². The maximum Gasteiger partial charge on any atom is 0.356 e. The van der Waals surface area contributed by atoms with Gasteiger partial charge in [0.15, 0.2) is 11.5 Å². The smallest absolute Gasteiger partial charge is 0.356 e. The van der Waals surface area contributed by atoms with E-state index >= 15 is 0 Å². The van der Waals surface area contributed by atoms with Crippen LogP contribution in [0.4, 0.5) is 11.5 Å². The first-order valence-corrected chi connectivity index (χ1v) is 6.14. The highest BCUT2D eigenvalue weighted by molar-refractivity contribution is 5.88. The Morgan fingerprint density at radius 3 is 2.78 bits per heavy atom.